The fraction of sp³-hybridized carbons (Fsp3) is 0.591. The number of benzene rings is 1. The molecule has 1 saturated carbocycles. The van der Waals surface area contributed by atoms with Crippen LogP contribution in [0.3, 0.4) is 0 Å². The highest BCUT2D eigenvalue weighted by atomic mass is 19.1. The van der Waals surface area contributed by atoms with Crippen molar-refractivity contribution in [1.29, 1.82) is 0 Å². The molecule has 1 saturated heterocycles. The molecule has 146 valence electrons. The molecule has 27 heavy (non-hydrogen) atoms. The Morgan fingerprint density at radius 3 is 2.78 bits per heavy atom. The van der Waals surface area contributed by atoms with Gasteiger partial charge in [0.15, 0.2) is 0 Å². The Labute approximate surface area is 161 Å². The molecule has 4 rings (SSSR count). The van der Waals surface area contributed by atoms with Crippen LogP contribution in [0.15, 0.2) is 30.5 Å². The highest BCUT2D eigenvalue weighted by molar-refractivity contribution is 5.26. The first-order valence-corrected chi connectivity index (χ1v) is 10.2. The van der Waals surface area contributed by atoms with E-state index >= 15 is 0 Å². The molecule has 1 aromatic heterocycles. The van der Waals surface area contributed by atoms with Gasteiger partial charge in [0.1, 0.15) is 5.82 Å². The van der Waals surface area contributed by atoms with Gasteiger partial charge in [-0.15, -0.1) is 0 Å². The molecule has 3 atom stereocenters. The Bertz CT molecular complexity index is 787. The van der Waals surface area contributed by atoms with E-state index in [1.54, 1.807) is 12.1 Å². The van der Waals surface area contributed by atoms with E-state index in [9.17, 15) is 9.50 Å². The van der Waals surface area contributed by atoms with Crippen LogP contribution in [0.25, 0.3) is 0 Å². The van der Waals surface area contributed by atoms with Crippen molar-refractivity contribution < 1.29 is 9.50 Å². The van der Waals surface area contributed by atoms with Gasteiger partial charge in [-0.1, -0.05) is 19.1 Å². The lowest BCUT2D eigenvalue weighted by molar-refractivity contribution is -0.0648. The predicted octanol–water partition coefficient (Wildman–Crippen LogP) is 3.86. The Balaban J connectivity index is 1.51. The summed E-state index contributed by atoms with van der Waals surface area (Å²) in [5.41, 5.74) is 2.56. The Morgan fingerprint density at radius 1 is 1.26 bits per heavy atom. The molecule has 1 aliphatic heterocycles. The topological polar surface area (TPSA) is 41.3 Å². The number of nitrogens with zero attached hydrogens (tertiary/aromatic N) is 3. The minimum Gasteiger partial charge on any atom is -0.385 e. The summed E-state index contributed by atoms with van der Waals surface area (Å²) in [6, 6.07) is 6.46. The molecule has 0 spiro atoms. The largest absolute Gasteiger partial charge is 0.385 e. The minimum atomic E-state index is -0.840. The van der Waals surface area contributed by atoms with Gasteiger partial charge in [-0.2, -0.15) is 5.10 Å². The van der Waals surface area contributed by atoms with Crippen LogP contribution in [0.1, 0.15) is 49.4 Å². The highest BCUT2D eigenvalue weighted by Crippen LogP contribution is 2.48. The lowest BCUT2D eigenvalue weighted by Gasteiger charge is -2.41. The average Bonchev–Trinajstić information content (AvgIpc) is 3.22. The normalized spacial score (nSPS) is 28.4. The van der Waals surface area contributed by atoms with Crippen LogP contribution >= 0.6 is 0 Å². The van der Waals surface area contributed by atoms with Crippen LogP contribution in [0.2, 0.25) is 0 Å². The van der Waals surface area contributed by atoms with Crippen molar-refractivity contribution in [2.45, 2.75) is 58.2 Å². The maximum atomic E-state index is 13.3. The molecule has 0 bridgehead atoms. The second-order valence-electron chi connectivity index (χ2n) is 8.36. The molecule has 5 heteroatoms. The molecule has 1 aliphatic carbocycles. The molecule has 0 radical (unpaired) electrons. The molecule has 1 N–H and O–H groups in total. The average molecular weight is 372 g/mol. The quantitative estimate of drug-likeness (QED) is 0.868. The van der Waals surface area contributed by atoms with E-state index in [0.717, 1.165) is 51.0 Å². The van der Waals surface area contributed by atoms with E-state index in [1.807, 2.05) is 6.20 Å². The molecule has 2 aliphatic rings. The van der Waals surface area contributed by atoms with Crippen molar-refractivity contribution >= 4 is 0 Å². The zero-order valence-corrected chi connectivity index (χ0v) is 16.4. The van der Waals surface area contributed by atoms with Gasteiger partial charge >= 0.3 is 0 Å². The van der Waals surface area contributed by atoms with Gasteiger partial charge in [-0.25, -0.2) is 4.39 Å². The van der Waals surface area contributed by atoms with Crippen LogP contribution in [0.4, 0.5) is 4.39 Å². The number of fused-ring (bicyclic) bond motifs is 1. The number of hydrogen-bond acceptors (Lipinski definition) is 3. The van der Waals surface area contributed by atoms with Crippen LogP contribution in [-0.2, 0) is 18.7 Å². The molecule has 2 fully saturated rings. The summed E-state index contributed by atoms with van der Waals surface area (Å²) >= 11 is 0. The van der Waals surface area contributed by atoms with Gasteiger partial charge in [0.05, 0.1) is 11.8 Å². The molecule has 4 nitrogen and oxygen atoms in total. The summed E-state index contributed by atoms with van der Waals surface area (Å²) in [5.74, 6) is 0.463. The summed E-state index contributed by atoms with van der Waals surface area (Å²) in [6.07, 6.45) is 6.04. The number of likely N-dealkylation sites (tertiary alicyclic amines) is 1. The van der Waals surface area contributed by atoms with Gasteiger partial charge in [0.25, 0.3) is 0 Å². The number of rotatable bonds is 5. The fourth-order valence-corrected chi connectivity index (χ4v) is 5.16. The van der Waals surface area contributed by atoms with Crippen molar-refractivity contribution in [2.24, 2.45) is 11.8 Å². The predicted molar refractivity (Wildman–Crippen MR) is 104 cm³/mol. The third kappa shape index (κ3) is 3.43. The minimum absolute atomic E-state index is 0.211. The van der Waals surface area contributed by atoms with Crippen molar-refractivity contribution in [1.82, 2.24) is 14.7 Å². The van der Waals surface area contributed by atoms with Gasteiger partial charge in [0, 0.05) is 43.4 Å². The molecule has 0 amide bonds. The molecular weight excluding hydrogens is 341 g/mol. The standard InChI is InChI=1S/C22H30FN3O/c1-3-11-26-16(2)18(12-24-26)14-25-13-17-5-4-10-22(27,21(17)15-25)19-6-8-20(23)9-7-19/h6-9,12,17,21,27H,3-5,10-11,13-15H2,1-2H3/t17-,21-,22-/m0/s1. The Morgan fingerprint density at radius 2 is 2.04 bits per heavy atom. The van der Waals surface area contributed by atoms with Crippen LogP contribution < -0.4 is 0 Å². The highest BCUT2D eigenvalue weighted by Gasteiger charge is 2.49. The van der Waals surface area contributed by atoms with Gasteiger partial charge in [0.2, 0.25) is 0 Å². The first kappa shape index (κ1) is 18.6. The Hall–Kier alpha value is -1.72. The third-order valence-electron chi connectivity index (χ3n) is 6.64. The van der Waals surface area contributed by atoms with Gasteiger partial charge < -0.3 is 5.11 Å². The van der Waals surface area contributed by atoms with Crippen LogP contribution in [0.5, 0.6) is 0 Å². The van der Waals surface area contributed by atoms with Crippen LogP contribution in [-0.4, -0.2) is 32.9 Å². The van der Waals surface area contributed by atoms with E-state index in [0.29, 0.717) is 5.92 Å². The molecule has 2 aromatic rings. The number of halogens is 1. The maximum absolute atomic E-state index is 13.3. The first-order valence-electron chi connectivity index (χ1n) is 10.2. The molecule has 1 aromatic carbocycles. The smallest absolute Gasteiger partial charge is 0.123 e. The number of aryl methyl sites for hydroxylation is 1. The second-order valence-corrected chi connectivity index (χ2v) is 8.36. The van der Waals surface area contributed by atoms with Crippen molar-refractivity contribution in [3.05, 3.63) is 53.1 Å². The summed E-state index contributed by atoms with van der Waals surface area (Å²) in [6.45, 7) is 8.07. The zero-order valence-electron chi connectivity index (χ0n) is 16.4. The van der Waals surface area contributed by atoms with E-state index < -0.39 is 5.60 Å². The summed E-state index contributed by atoms with van der Waals surface area (Å²) < 4.78 is 15.4. The van der Waals surface area contributed by atoms with Crippen molar-refractivity contribution in [3.63, 3.8) is 0 Å². The monoisotopic (exact) mass is 371 g/mol. The number of hydrogen-bond donors (Lipinski definition) is 1. The first-order chi connectivity index (χ1) is 13.0. The van der Waals surface area contributed by atoms with Gasteiger partial charge in [-0.3, -0.25) is 9.58 Å². The summed E-state index contributed by atoms with van der Waals surface area (Å²) in [7, 11) is 0. The van der Waals surface area contributed by atoms with E-state index in [2.05, 4.69) is 28.5 Å². The van der Waals surface area contributed by atoms with Crippen LogP contribution in [0, 0.1) is 24.6 Å². The zero-order chi connectivity index (χ0) is 19.0. The fourth-order valence-electron chi connectivity index (χ4n) is 5.16. The second kappa shape index (κ2) is 7.36. The lowest BCUT2D eigenvalue weighted by Crippen LogP contribution is -2.42. The Kier molecular flexibility index (Phi) is 5.08. The van der Waals surface area contributed by atoms with E-state index in [1.165, 1.54) is 29.8 Å². The molecule has 2 heterocycles. The summed E-state index contributed by atoms with van der Waals surface area (Å²) in [5, 5.41) is 16.1. The van der Waals surface area contributed by atoms with E-state index in [-0.39, 0.29) is 11.7 Å². The summed E-state index contributed by atoms with van der Waals surface area (Å²) in [4.78, 5) is 2.47. The third-order valence-corrected chi connectivity index (χ3v) is 6.64. The molecule has 0 unspecified atom stereocenters. The van der Waals surface area contributed by atoms with Crippen molar-refractivity contribution in [3.8, 4) is 0 Å². The lowest BCUT2D eigenvalue weighted by atomic mass is 9.67. The number of aliphatic hydroxyl groups is 1. The van der Waals surface area contributed by atoms with E-state index in [4.69, 9.17) is 0 Å². The maximum Gasteiger partial charge on any atom is 0.123 e. The SMILES string of the molecule is CCCn1ncc(CN2C[C@@H]3CCC[C@](O)(c4ccc(F)cc4)[C@H]3C2)c1C. The molecular formula is C22H30FN3O. The number of aromatic nitrogens is 2. The van der Waals surface area contributed by atoms with Gasteiger partial charge in [-0.05, 0) is 56.2 Å². The van der Waals surface area contributed by atoms with Crippen molar-refractivity contribution in [2.75, 3.05) is 13.1 Å².